The van der Waals surface area contributed by atoms with Crippen LogP contribution in [0.5, 0.6) is 0 Å². The van der Waals surface area contributed by atoms with Crippen LogP contribution in [-0.4, -0.2) is 23.6 Å². The molecule has 0 radical (unpaired) electrons. The second-order valence-electron chi connectivity index (χ2n) is 10.0. The molecule has 158 valence electrons. The number of rotatable bonds is 6. The quantitative estimate of drug-likeness (QED) is 0.437. The fraction of sp³-hybridized carbons (Fsp3) is 0.750. The first-order chi connectivity index (χ1) is 12.8. The molecule has 2 saturated carbocycles. The summed E-state index contributed by atoms with van der Waals surface area (Å²) in [6.07, 6.45) is 7.33. The highest BCUT2D eigenvalue weighted by Crippen LogP contribution is 2.62. The smallest absolute Gasteiger partial charge is 0.303 e. The molecule has 0 N–H and O–H groups in total. The van der Waals surface area contributed by atoms with Crippen LogP contribution >= 0.6 is 0 Å². The van der Waals surface area contributed by atoms with Crippen molar-refractivity contribution in [1.29, 1.82) is 0 Å². The van der Waals surface area contributed by atoms with E-state index in [0.29, 0.717) is 18.8 Å². The molecular formula is C24H38O4. The molecule has 5 atom stereocenters. The van der Waals surface area contributed by atoms with Crippen molar-refractivity contribution in [2.45, 2.75) is 91.8 Å². The number of hydrogen-bond acceptors (Lipinski definition) is 4. The minimum Gasteiger partial charge on any atom is -0.462 e. The predicted octanol–water partition coefficient (Wildman–Crippen LogP) is 5.61. The number of hydrogen-bond donors (Lipinski definition) is 0. The predicted molar refractivity (Wildman–Crippen MR) is 112 cm³/mol. The molecule has 0 heterocycles. The molecule has 0 aromatic rings. The maximum atomic E-state index is 11.8. The summed E-state index contributed by atoms with van der Waals surface area (Å²) in [5.41, 5.74) is 0.589. The second kappa shape index (κ2) is 8.04. The van der Waals surface area contributed by atoms with E-state index in [-0.39, 0.29) is 34.8 Å². The molecule has 0 aliphatic heterocycles. The van der Waals surface area contributed by atoms with Gasteiger partial charge in [0, 0.05) is 26.2 Å². The summed E-state index contributed by atoms with van der Waals surface area (Å²) < 4.78 is 11.4. The molecule has 2 rings (SSSR count). The van der Waals surface area contributed by atoms with Crippen molar-refractivity contribution in [2.75, 3.05) is 0 Å². The van der Waals surface area contributed by atoms with E-state index >= 15 is 0 Å². The van der Waals surface area contributed by atoms with Crippen LogP contribution in [0.3, 0.4) is 0 Å². The third-order valence-corrected chi connectivity index (χ3v) is 7.27. The molecular weight excluding hydrogens is 352 g/mol. The molecule has 4 heteroatoms. The average Bonchev–Trinajstić information content (AvgIpc) is 2.51. The summed E-state index contributed by atoms with van der Waals surface area (Å²) in [4.78, 5) is 23.3. The first-order valence-corrected chi connectivity index (χ1v) is 10.5. The van der Waals surface area contributed by atoms with Gasteiger partial charge in [-0.15, -0.1) is 0 Å². The lowest BCUT2D eigenvalue weighted by molar-refractivity contribution is -0.171. The molecule has 2 fully saturated rings. The Morgan fingerprint density at radius 2 is 1.86 bits per heavy atom. The van der Waals surface area contributed by atoms with Crippen LogP contribution in [0, 0.1) is 22.7 Å². The molecule has 4 nitrogen and oxygen atoms in total. The summed E-state index contributed by atoms with van der Waals surface area (Å²) in [6, 6.07) is 0. The van der Waals surface area contributed by atoms with Gasteiger partial charge >= 0.3 is 11.9 Å². The zero-order valence-electron chi connectivity index (χ0n) is 18.6. The van der Waals surface area contributed by atoms with Crippen LogP contribution in [-0.2, 0) is 19.1 Å². The maximum absolute atomic E-state index is 11.8. The minimum absolute atomic E-state index is 0.00943. The number of esters is 2. The van der Waals surface area contributed by atoms with Crippen molar-refractivity contribution in [3.05, 3.63) is 24.8 Å². The van der Waals surface area contributed by atoms with Crippen LogP contribution in [0.1, 0.15) is 80.1 Å². The van der Waals surface area contributed by atoms with Crippen molar-refractivity contribution in [3.8, 4) is 0 Å². The Balaban J connectivity index is 2.32. The van der Waals surface area contributed by atoms with Gasteiger partial charge in [-0.25, -0.2) is 0 Å². The SMILES string of the molecule is C=CC(C)(CCC1C(=C)CC(OC(C)=O)C2C(C)(C)CCC[C@@]12C)OC(C)=O. The van der Waals surface area contributed by atoms with Crippen molar-refractivity contribution in [1.82, 2.24) is 0 Å². The molecule has 28 heavy (non-hydrogen) atoms. The molecule has 0 aromatic carbocycles. The summed E-state index contributed by atoms with van der Waals surface area (Å²) in [5.74, 6) is 0.0901. The van der Waals surface area contributed by atoms with Crippen molar-refractivity contribution >= 4 is 11.9 Å². The van der Waals surface area contributed by atoms with Gasteiger partial charge in [0.05, 0.1) is 0 Å². The molecule has 2 aliphatic rings. The lowest BCUT2D eigenvalue weighted by Crippen LogP contribution is -2.56. The van der Waals surface area contributed by atoms with Crippen LogP contribution in [0.15, 0.2) is 24.8 Å². The van der Waals surface area contributed by atoms with Gasteiger partial charge in [0.1, 0.15) is 11.7 Å². The Kier molecular flexibility index (Phi) is 6.52. The first kappa shape index (κ1) is 22.7. The lowest BCUT2D eigenvalue weighted by atomic mass is 9.46. The van der Waals surface area contributed by atoms with Gasteiger partial charge in [-0.2, -0.15) is 0 Å². The van der Waals surface area contributed by atoms with Gasteiger partial charge in [0.25, 0.3) is 0 Å². The monoisotopic (exact) mass is 390 g/mol. The van der Waals surface area contributed by atoms with Gasteiger partial charge in [-0.05, 0) is 55.4 Å². The van der Waals surface area contributed by atoms with Gasteiger partial charge in [0.2, 0.25) is 0 Å². The third-order valence-electron chi connectivity index (χ3n) is 7.27. The van der Waals surface area contributed by atoms with Gasteiger partial charge in [0.15, 0.2) is 0 Å². The Morgan fingerprint density at radius 1 is 1.21 bits per heavy atom. The summed E-state index contributed by atoms with van der Waals surface area (Å²) in [7, 11) is 0. The van der Waals surface area contributed by atoms with E-state index in [1.807, 2.05) is 6.92 Å². The highest BCUT2D eigenvalue weighted by Gasteiger charge is 2.57. The van der Waals surface area contributed by atoms with Crippen molar-refractivity contribution < 1.29 is 19.1 Å². The van der Waals surface area contributed by atoms with E-state index in [0.717, 1.165) is 24.8 Å². The Labute approximate surface area is 170 Å². The van der Waals surface area contributed by atoms with Crippen LogP contribution in [0.25, 0.3) is 0 Å². The third kappa shape index (κ3) is 4.52. The van der Waals surface area contributed by atoms with E-state index in [9.17, 15) is 9.59 Å². The Morgan fingerprint density at radius 3 is 2.39 bits per heavy atom. The zero-order valence-corrected chi connectivity index (χ0v) is 18.6. The number of fused-ring (bicyclic) bond motifs is 1. The molecule has 2 aliphatic carbocycles. The van der Waals surface area contributed by atoms with Crippen LogP contribution < -0.4 is 0 Å². The summed E-state index contributed by atoms with van der Waals surface area (Å²) >= 11 is 0. The van der Waals surface area contributed by atoms with E-state index in [1.165, 1.54) is 20.3 Å². The molecule has 0 amide bonds. The standard InChI is InChI=1S/C24H38O4/c1-9-23(7,28-18(4)26)14-11-19-16(2)15-20(27-17(3)25)21-22(5,6)12-10-13-24(19,21)8/h9,19-21H,1-2,10-15H2,3-8H3/t19?,20?,21?,23?,24-/m0/s1. The van der Waals surface area contributed by atoms with Gasteiger partial charge < -0.3 is 9.47 Å². The second-order valence-corrected chi connectivity index (χ2v) is 10.0. The molecule has 0 spiro atoms. The van der Waals surface area contributed by atoms with Crippen molar-refractivity contribution in [2.24, 2.45) is 22.7 Å². The maximum Gasteiger partial charge on any atom is 0.303 e. The highest BCUT2D eigenvalue weighted by molar-refractivity contribution is 5.67. The molecule has 0 aromatic heterocycles. The van der Waals surface area contributed by atoms with Crippen LogP contribution in [0.4, 0.5) is 0 Å². The van der Waals surface area contributed by atoms with E-state index < -0.39 is 5.60 Å². The minimum atomic E-state index is -0.672. The van der Waals surface area contributed by atoms with E-state index in [4.69, 9.17) is 9.47 Å². The van der Waals surface area contributed by atoms with Crippen molar-refractivity contribution in [3.63, 3.8) is 0 Å². The number of ether oxygens (including phenoxy) is 2. The molecule has 0 bridgehead atoms. The Bertz CT molecular complexity index is 649. The first-order valence-electron chi connectivity index (χ1n) is 10.5. The van der Waals surface area contributed by atoms with Crippen LogP contribution in [0.2, 0.25) is 0 Å². The highest BCUT2D eigenvalue weighted by atomic mass is 16.6. The van der Waals surface area contributed by atoms with E-state index in [1.54, 1.807) is 6.08 Å². The molecule has 0 saturated heterocycles. The fourth-order valence-electron chi connectivity index (χ4n) is 6.24. The van der Waals surface area contributed by atoms with Gasteiger partial charge in [-0.1, -0.05) is 45.9 Å². The average molecular weight is 391 g/mol. The normalized spacial score (nSPS) is 33.9. The molecule has 4 unspecified atom stereocenters. The zero-order chi connectivity index (χ0) is 21.3. The van der Waals surface area contributed by atoms with E-state index in [2.05, 4.69) is 33.9 Å². The van der Waals surface area contributed by atoms with Gasteiger partial charge in [-0.3, -0.25) is 9.59 Å². The summed E-state index contributed by atoms with van der Waals surface area (Å²) in [6.45, 7) is 20.1. The number of carbonyl (C=O) groups excluding carboxylic acids is 2. The fourth-order valence-corrected chi connectivity index (χ4v) is 6.24. The topological polar surface area (TPSA) is 52.6 Å². The largest absolute Gasteiger partial charge is 0.462 e. The number of carbonyl (C=O) groups is 2. The lowest BCUT2D eigenvalue weighted by Gasteiger charge is -2.60. The Hall–Kier alpha value is -1.58. The summed E-state index contributed by atoms with van der Waals surface area (Å²) in [5, 5.41) is 0.